The number of benzene rings is 4. The number of nitrogens with one attached hydrogen (secondary N) is 1. The third-order valence-corrected chi connectivity index (χ3v) is 10.0. The predicted molar refractivity (Wildman–Crippen MR) is 173 cm³/mol. The SMILES string of the molecule is Cc1ccc(S(=O)(=O)N(CC(=O)N(Cc2ccc(F)cc2)[C@H](Cc2ccccc2)C(=O)NC2CCCC2)c2ccc(F)cc2)cc1. The van der Waals surface area contributed by atoms with E-state index in [1.807, 2.05) is 37.3 Å². The number of rotatable bonds is 12. The van der Waals surface area contributed by atoms with Gasteiger partial charge in [-0.3, -0.25) is 13.9 Å². The lowest BCUT2D eigenvalue weighted by molar-refractivity contribution is -0.140. The fourth-order valence-corrected chi connectivity index (χ4v) is 7.10. The Bertz CT molecular complexity index is 1730. The van der Waals surface area contributed by atoms with Gasteiger partial charge >= 0.3 is 0 Å². The van der Waals surface area contributed by atoms with E-state index < -0.39 is 40.2 Å². The van der Waals surface area contributed by atoms with Gasteiger partial charge < -0.3 is 10.2 Å². The first-order chi connectivity index (χ1) is 22.1. The van der Waals surface area contributed by atoms with E-state index in [1.54, 1.807) is 12.1 Å². The number of sulfonamides is 1. The van der Waals surface area contributed by atoms with Crippen molar-refractivity contribution in [3.05, 3.63) is 131 Å². The summed E-state index contributed by atoms with van der Waals surface area (Å²) in [7, 11) is -4.30. The molecule has 1 atom stereocenters. The normalized spacial score (nSPS) is 14.1. The zero-order valence-corrected chi connectivity index (χ0v) is 26.4. The number of carbonyl (C=O) groups excluding carboxylic acids is 2. The van der Waals surface area contributed by atoms with Crippen LogP contribution in [-0.2, 0) is 32.6 Å². The third-order valence-electron chi connectivity index (χ3n) is 8.24. The first kappa shape index (κ1) is 32.8. The van der Waals surface area contributed by atoms with Crippen LogP contribution in [0, 0.1) is 18.6 Å². The van der Waals surface area contributed by atoms with Crippen molar-refractivity contribution in [1.29, 1.82) is 0 Å². The summed E-state index contributed by atoms with van der Waals surface area (Å²) in [5, 5.41) is 3.12. The second kappa shape index (κ2) is 14.7. The standard InChI is InChI=1S/C36H37F2N3O4S/c1-26-11-21-33(22-12-26)46(44,45)41(32-19-17-30(38)18-20-32)25-35(42)40(24-28-13-15-29(37)16-14-28)34(23-27-7-3-2-4-8-27)36(43)39-31-9-5-6-10-31/h2-4,7-8,11-22,31,34H,5-6,9-10,23-25H2,1H3,(H,39,43)/t34-/m1/s1. The van der Waals surface area contributed by atoms with E-state index in [-0.39, 0.29) is 35.5 Å². The van der Waals surface area contributed by atoms with Crippen LogP contribution in [0.1, 0.15) is 42.4 Å². The van der Waals surface area contributed by atoms with Gasteiger partial charge in [-0.05, 0) is 79.4 Å². The second-order valence-corrected chi connectivity index (χ2v) is 13.5. The van der Waals surface area contributed by atoms with Crippen molar-refractivity contribution in [2.75, 3.05) is 10.8 Å². The van der Waals surface area contributed by atoms with Crippen LogP contribution >= 0.6 is 0 Å². The molecule has 0 radical (unpaired) electrons. The number of nitrogens with zero attached hydrogens (tertiary/aromatic N) is 2. The number of hydrogen-bond donors (Lipinski definition) is 1. The van der Waals surface area contributed by atoms with E-state index in [2.05, 4.69) is 5.32 Å². The first-order valence-electron chi connectivity index (χ1n) is 15.3. The van der Waals surface area contributed by atoms with Crippen molar-refractivity contribution in [3.8, 4) is 0 Å². The van der Waals surface area contributed by atoms with Gasteiger partial charge in [0.1, 0.15) is 24.2 Å². The summed E-state index contributed by atoms with van der Waals surface area (Å²) in [6, 6.07) is 24.9. The van der Waals surface area contributed by atoms with E-state index >= 15 is 0 Å². The molecule has 10 heteroatoms. The lowest BCUT2D eigenvalue weighted by Gasteiger charge is -2.34. The monoisotopic (exact) mass is 645 g/mol. The molecule has 0 spiro atoms. The minimum Gasteiger partial charge on any atom is -0.352 e. The molecular weight excluding hydrogens is 608 g/mol. The Balaban J connectivity index is 1.55. The van der Waals surface area contributed by atoms with Gasteiger partial charge in [0.25, 0.3) is 10.0 Å². The summed E-state index contributed by atoms with van der Waals surface area (Å²) in [6.07, 6.45) is 3.84. The third kappa shape index (κ3) is 8.17. The largest absolute Gasteiger partial charge is 0.352 e. The minimum atomic E-state index is -4.30. The summed E-state index contributed by atoms with van der Waals surface area (Å²) in [5.74, 6) is -2.01. The molecule has 1 aliphatic rings. The van der Waals surface area contributed by atoms with Crippen LogP contribution in [0.2, 0.25) is 0 Å². The molecule has 5 rings (SSSR count). The van der Waals surface area contributed by atoms with Gasteiger partial charge in [-0.15, -0.1) is 0 Å². The fourth-order valence-electron chi connectivity index (χ4n) is 5.68. The van der Waals surface area contributed by atoms with Gasteiger partial charge in [0, 0.05) is 19.0 Å². The van der Waals surface area contributed by atoms with Crippen molar-refractivity contribution in [2.45, 2.75) is 62.6 Å². The van der Waals surface area contributed by atoms with Crippen LogP contribution in [0.3, 0.4) is 0 Å². The van der Waals surface area contributed by atoms with E-state index in [9.17, 15) is 26.8 Å². The lowest BCUT2D eigenvalue weighted by atomic mass is 10.0. The number of halogens is 2. The smallest absolute Gasteiger partial charge is 0.264 e. The summed E-state index contributed by atoms with van der Waals surface area (Å²) >= 11 is 0. The Morgan fingerprint density at radius 1 is 0.804 bits per heavy atom. The van der Waals surface area contributed by atoms with Crippen LogP contribution < -0.4 is 9.62 Å². The van der Waals surface area contributed by atoms with Crippen molar-refractivity contribution in [3.63, 3.8) is 0 Å². The maximum atomic E-state index is 14.5. The van der Waals surface area contributed by atoms with Crippen LogP contribution in [0.15, 0.2) is 108 Å². The van der Waals surface area contributed by atoms with Crippen LogP contribution in [0.5, 0.6) is 0 Å². The zero-order valence-electron chi connectivity index (χ0n) is 25.6. The molecule has 0 saturated heterocycles. The highest BCUT2D eigenvalue weighted by molar-refractivity contribution is 7.92. The van der Waals surface area contributed by atoms with Crippen LogP contribution in [0.4, 0.5) is 14.5 Å². The van der Waals surface area contributed by atoms with Crippen molar-refractivity contribution in [2.24, 2.45) is 0 Å². The molecule has 1 fully saturated rings. The highest BCUT2D eigenvalue weighted by atomic mass is 32.2. The molecular formula is C36H37F2N3O4S. The number of carbonyl (C=O) groups is 2. The number of aryl methyl sites for hydroxylation is 1. The summed E-state index contributed by atoms with van der Waals surface area (Å²) in [4.78, 5) is 29.8. The number of hydrogen-bond acceptors (Lipinski definition) is 4. The molecule has 0 bridgehead atoms. The van der Waals surface area contributed by atoms with Crippen LogP contribution in [-0.4, -0.2) is 43.8 Å². The number of anilines is 1. The van der Waals surface area contributed by atoms with Gasteiger partial charge in [-0.1, -0.05) is 73.0 Å². The molecule has 0 unspecified atom stereocenters. The molecule has 0 heterocycles. The maximum absolute atomic E-state index is 14.5. The van der Waals surface area contributed by atoms with Crippen molar-refractivity contribution >= 4 is 27.5 Å². The Labute approximate surface area is 268 Å². The lowest BCUT2D eigenvalue weighted by Crippen LogP contribution is -2.54. The molecule has 1 saturated carbocycles. The van der Waals surface area contributed by atoms with E-state index in [0.29, 0.717) is 5.56 Å². The molecule has 7 nitrogen and oxygen atoms in total. The van der Waals surface area contributed by atoms with Gasteiger partial charge in [-0.2, -0.15) is 0 Å². The van der Waals surface area contributed by atoms with Gasteiger partial charge in [0.2, 0.25) is 11.8 Å². The molecule has 4 aromatic carbocycles. The predicted octanol–water partition coefficient (Wildman–Crippen LogP) is 6.17. The first-order valence-corrected chi connectivity index (χ1v) is 16.8. The van der Waals surface area contributed by atoms with E-state index in [4.69, 9.17) is 0 Å². The molecule has 0 aliphatic heterocycles. The Kier molecular flexibility index (Phi) is 10.5. The molecule has 1 aliphatic carbocycles. The highest BCUT2D eigenvalue weighted by Crippen LogP contribution is 2.26. The zero-order chi connectivity index (χ0) is 32.7. The van der Waals surface area contributed by atoms with Gasteiger partial charge in [0.05, 0.1) is 10.6 Å². The quantitative estimate of drug-likeness (QED) is 0.200. The van der Waals surface area contributed by atoms with Gasteiger partial charge in [-0.25, -0.2) is 17.2 Å². The molecule has 4 aromatic rings. The Morgan fingerprint density at radius 3 is 2.00 bits per heavy atom. The topological polar surface area (TPSA) is 86.8 Å². The molecule has 46 heavy (non-hydrogen) atoms. The fraction of sp³-hybridized carbons (Fsp3) is 0.278. The second-order valence-electron chi connectivity index (χ2n) is 11.6. The minimum absolute atomic E-state index is 0.0221. The van der Waals surface area contributed by atoms with Gasteiger partial charge in [0.15, 0.2) is 0 Å². The van der Waals surface area contributed by atoms with E-state index in [1.165, 1.54) is 53.4 Å². The van der Waals surface area contributed by atoms with Crippen molar-refractivity contribution < 1.29 is 26.8 Å². The van der Waals surface area contributed by atoms with E-state index in [0.717, 1.165) is 53.2 Å². The highest BCUT2D eigenvalue weighted by Gasteiger charge is 2.35. The average molecular weight is 646 g/mol. The Hall–Kier alpha value is -4.57. The summed E-state index contributed by atoms with van der Waals surface area (Å²) in [5.41, 5.74) is 2.32. The Morgan fingerprint density at radius 2 is 1.39 bits per heavy atom. The van der Waals surface area contributed by atoms with Crippen molar-refractivity contribution in [1.82, 2.24) is 10.2 Å². The van der Waals surface area contributed by atoms with Crippen LogP contribution in [0.25, 0.3) is 0 Å². The average Bonchev–Trinajstić information content (AvgIpc) is 3.56. The molecule has 1 N–H and O–H groups in total. The summed E-state index contributed by atoms with van der Waals surface area (Å²) in [6.45, 7) is 1.09. The molecule has 2 amide bonds. The molecule has 0 aromatic heterocycles. The maximum Gasteiger partial charge on any atom is 0.264 e. The number of amides is 2. The summed E-state index contributed by atoms with van der Waals surface area (Å²) < 4.78 is 56.8. The molecule has 240 valence electrons.